The summed E-state index contributed by atoms with van der Waals surface area (Å²) in [6.07, 6.45) is 0. The lowest BCUT2D eigenvalue weighted by molar-refractivity contribution is 0.206. The Labute approximate surface area is 162 Å². The molecule has 2 atom stereocenters. The molecule has 0 N–H and O–H groups in total. The number of carbonyl (C=O) groups excluding carboxylic acids is 1. The fraction of sp³-hybridized carbons (Fsp3) is 0.316. The van der Waals surface area contributed by atoms with Crippen molar-refractivity contribution in [2.75, 3.05) is 16.4 Å². The Kier molecular flexibility index (Phi) is 4.39. The van der Waals surface area contributed by atoms with Crippen molar-refractivity contribution in [2.45, 2.75) is 25.6 Å². The highest BCUT2D eigenvalue weighted by Crippen LogP contribution is 2.37. The van der Waals surface area contributed by atoms with Crippen molar-refractivity contribution in [2.24, 2.45) is 0 Å². The molecule has 27 heavy (non-hydrogen) atoms. The van der Waals surface area contributed by atoms with Crippen LogP contribution in [0.25, 0.3) is 0 Å². The van der Waals surface area contributed by atoms with E-state index in [0.717, 1.165) is 11.1 Å². The summed E-state index contributed by atoms with van der Waals surface area (Å²) in [7, 11) is -3.25. The number of fused-ring (bicyclic) bond motifs is 1. The van der Waals surface area contributed by atoms with E-state index in [4.69, 9.17) is 11.6 Å². The lowest BCUT2D eigenvalue weighted by Gasteiger charge is -2.23. The maximum absolute atomic E-state index is 13.2. The van der Waals surface area contributed by atoms with E-state index in [1.165, 1.54) is 17.0 Å². The molecule has 2 amide bonds. The zero-order valence-corrected chi connectivity index (χ0v) is 16.2. The van der Waals surface area contributed by atoms with Crippen LogP contribution in [0.2, 0.25) is 5.02 Å². The van der Waals surface area contributed by atoms with Gasteiger partial charge in [0.15, 0.2) is 9.84 Å². The monoisotopic (exact) mass is 408 g/mol. The van der Waals surface area contributed by atoms with Crippen LogP contribution in [-0.2, 0) is 16.4 Å². The minimum atomic E-state index is -3.25. The lowest BCUT2D eigenvalue weighted by atomic mass is 10.1. The van der Waals surface area contributed by atoms with Gasteiger partial charge in [-0.15, -0.1) is 0 Å². The standard InChI is InChI=1S/C19H18ClFN2O3S/c1-12-2-7-15(8-16(12)20)23-18-11-27(25,26)10-17(18)22(19(23)24)9-13-3-5-14(21)6-4-13/h2-8,17-18H,9-11H2,1H3/t17-,18-/m1/s1. The number of hydrogen-bond donors (Lipinski definition) is 0. The Morgan fingerprint density at radius 2 is 1.78 bits per heavy atom. The van der Waals surface area contributed by atoms with Gasteiger partial charge in [-0.2, -0.15) is 0 Å². The normalized spacial score (nSPS) is 23.7. The molecule has 0 saturated carbocycles. The number of nitrogens with zero attached hydrogens (tertiary/aromatic N) is 2. The van der Waals surface area contributed by atoms with Crippen molar-refractivity contribution in [1.29, 1.82) is 0 Å². The summed E-state index contributed by atoms with van der Waals surface area (Å²) in [6.45, 7) is 2.09. The Hall–Kier alpha value is -2.12. The molecule has 0 aromatic heterocycles. The van der Waals surface area contributed by atoms with E-state index < -0.39 is 21.9 Å². The average molecular weight is 409 g/mol. The molecule has 2 aliphatic rings. The van der Waals surface area contributed by atoms with Crippen molar-refractivity contribution < 1.29 is 17.6 Å². The summed E-state index contributed by atoms with van der Waals surface area (Å²) in [6, 6.07) is 10.00. The van der Waals surface area contributed by atoms with Crippen molar-refractivity contribution in [3.05, 3.63) is 64.4 Å². The minimum absolute atomic E-state index is 0.0688. The van der Waals surface area contributed by atoms with Gasteiger partial charge in [0.2, 0.25) is 0 Å². The summed E-state index contributed by atoms with van der Waals surface area (Å²) >= 11 is 6.21. The first-order chi connectivity index (χ1) is 12.7. The van der Waals surface area contributed by atoms with Crippen molar-refractivity contribution in [3.63, 3.8) is 0 Å². The third kappa shape index (κ3) is 3.30. The first-order valence-corrected chi connectivity index (χ1v) is 10.8. The highest BCUT2D eigenvalue weighted by molar-refractivity contribution is 7.91. The summed E-state index contributed by atoms with van der Waals surface area (Å²) < 4.78 is 37.7. The SMILES string of the molecule is Cc1ccc(N2C(=O)N(Cc3ccc(F)cc3)[C@@H]3CS(=O)(=O)C[C@H]32)cc1Cl. The molecule has 2 aromatic carbocycles. The maximum Gasteiger partial charge on any atom is 0.325 e. The van der Waals surface area contributed by atoms with Crippen molar-refractivity contribution in [1.82, 2.24) is 4.90 Å². The molecule has 142 valence electrons. The van der Waals surface area contributed by atoms with E-state index in [1.807, 2.05) is 13.0 Å². The summed E-state index contributed by atoms with van der Waals surface area (Å²) in [5.41, 5.74) is 2.21. The predicted octanol–water partition coefficient (Wildman–Crippen LogP) is 3.40. The summed E-state index contributed by atoms with van der Waals surface area (Å²) in [4.78, 5) is 16.2. The molecule has 0 spiro atoms. The highest BCUT2D eigenvalue weighted by Gasteiger charge is 2.53. The van der Waals surface area contributed by atoms with Crippen LogP contribution in [0.3, 0.4) is 0 Å². The number of sulfone groups is 1. The van der Waals surface area contributed by atoms with Gasteiger partial charge in [0.25, 0.3) is 0 Å². The van der Waals surface area contributed by atoms with Crippen molar-refractivity contribution >= 4 is 33.2 Å². The van der Waals surface area contributed by atoms with E-state index in [0.29, 0.717) is 10.7 Å². The van der Waals surface area contributed by atoms with Gasteiger partial charge in [0, 0.05) is 17.3 Å². The third-order valence-corrected chi connectivity index (χ3v) is 7.28. The molecule has 4 rings (SSSR count). The lowest BCUT2D eigenvalue weighted by Crippen LogP contribution is -2.37. The van der Waals surface area contributed by atoms with Crippen LogP contribution in [0.1, 0.15) is 11.1 Å². The Morgan fingerprint density at radius 3 is 2.44 bits per heavy atom. The first kappa shape index (κ1) is 18.3. The molecule has 2 fully saturated rings. The molecule has 2 saturated heterocycles. The average Bonchev–Trinajstić information content (AvgIpc) is 3.03. The van der Waals surface area contributed by atoms with Crippen LogP contribution >= 0.6 is 11.6 Å². The van der Waals surface area contributed by atoms with E-state index in [1.54, 1.807) is 29.2 Å². The fourth-order valence-electron chi connectivity index (χ4n) is 3.78. The van der Waals surface area contributed by atoms with Gasteiger partial charge >= 0.3 is 6.03 Å². The second-order valence-corrected chi connectivity index (χ2v) is 9.61. The number of halogens is 2. The molecule has 0 unspecified atom stereocenters. The number of rotatable bonds is 3. The number of anilines is 1. The van der Waals surface area contributed by atoms with Crippen LogP contribution in [-0.4, -0.2) is 42.9 Å². The molecule has 2 aliphatic heterocycles. The van der Waals surface area contributed by atoms with Crippen LogP contribution in [0, 0.1) is 12.7 Å². The second kappa shape index (κ2) is 6.49. The van der Waals surface area contributed by atoms with Crippen LogP contribution in [0.15, 0.2) is 42.5 Å². The predicted molar refractivity (Wildman–Crippen MR) is 102 cm³/mol. The number of carbonyl (C=O) groups is 1. The third-order valence-electron chi connectivity index (χ3n) is 5.18. The molecule has 2 heterocycles. The van der Waals surface area contributed by atoms with Gasteiger partial charge in [0.1, 0.15) is 5.82 Å². The van der Waals surface area contributed by atoms with E-state index in [-0.39, 0.29) is 29.9 Å². The van der Waals surface area contributed by atoms with Gasteiger partial charge in [-0.1, -0.05) is 29.8 Å². The highest BCUT2D eigenvalue weighted by atomic mass is 35.5. The second-order valence-electron chi connectivity index (χ2n) is 7.05. The molecule has 0 aliphatic carbocycles. The smallest absolute Gasteiger partial charge is 0.314 e. The zero-order valence-electron chi connectivity index (χ0n) is 14.6. The first-order valence-electron chi connectivity index (χ1n) is 8.56. The van der Waals surface area contributed by atoms with Gasteiger partial charge in [0.05, 0.1) is 23.6 Å². The molecule has 8 heteroatoms. The van der Waals surface area contributed by atoms with Gasteiger partial charge in [-0.3, -0.25) is 4.90 Å². The topological polar surface area (TPSA) is 57.7 Å². The van der Waals surface area contributed by atoms with E-state index >= 15 is 0 Å². The van der Waals surface area contributed by atoms with E-state index in [2.05, 4.69) is 0 Å². The van der Waals surface area contributed by atoms with Crippen LogP contribution in [0.4, 0.5) is 14.9 Å². The van der Waals surface area contributed by atoms with Crippen LogP contribution < -0.4 is 4.90 Å². The Morgan fingerprint density at radius 1 is 1.11 bits per heavy atom. The zero-order chi connectivity index (χ0) is 19.3. The number of amides is 2. The van der Waals surface area contributed by atoms with Gasteiger partial charge < -0.3 is 4.90 Å². The molecule has 0 radical (unpaired) electrons. The maximum atomic E-state index is 13.2. The minimum Gasteiger partial charge on any atom is -0.314 e. The van der Waals surface area contributed by atoms with Gasteiger partial charge in [-0.05, 0) is 42.3 Å². The summed E-state index contributed by atoms with van der Waals surface area (Å²) in [5.74, 6) is -0.501. The Bertz CT molecular complexity index is 1010. The molecular weight excluding hydrogens is 391 g/mol. The number of aryl methyl sites for hydroxylation is 1. The number of benzene rings is 2. The fourth-order valence-corrected chi connectivity index (χ4v) is 5.91. The molecular formula is C19H18ClFN2O3S. The Balaban J connectivity index is 1.71. The van der Waals surface area contributed by atoms with Gasteiger partial charge in [-0.25, -0.2) is 17.6 Å². The van der Waals surface area contributed by atoms with E-state index in [9.17, 15) is 17.6 Å². The van der Waals surface area contributed by atoms with Crippen LogP contribution in [0.5, 0.6) is 0 Å². The number of urea groups is 1. The molecule has 2 aromatic rings. The summed E-state index contributed by atoms with van der Waals surface area (Å²) in [5, 5.41) is 0.523. The largest absolute Gasteiger partial charge is 0.325 e. The quantitative estimate of drug-likeness (QED) is 0.731. The molecule has 5 nitrogen and oxygen atoms in total. The molecule has 0 bridgehead atoms. The van der Waals surface area contributed by atoms with Crippen molar-refractivity contribution in [3.8, 4) is 0 Å². The number of hydrogen-bond acceptors (Lipinski definition) is 3.